The first kappa shape index (κ1) is 11.3. The zero-order chi connectivity index (χ0) is 12.7. The molecular weight excluding hydrogens is 230 g/mol. The molecule has 2 aromatic rings. The Balaban J connectivity index is 2.13. The topological polar surface area (TPSA) is 50.4 Å². The molecule has 0 amide bonds. The minimum atomic E-state index is -0.300. The van der Waals surface area contributed by atoms with E-state index in [2.05, 4.69) is 16.3 Å². The largest absolute Gasteiger partial charge is 0.419 e. The van der Waals surface area contributed by atoms with Gasteiger partial charge in [-0.3, -0.25) is 4.57 Å². The van der Waals surface area contributed by atoms with Gasteiger partial charge in [0.15, 0.2) is 5.58 Å². The molecule has 1 aromatic heterocycles. The molecule has 3 rings (SSSR count). The van der Waals surface area contributed by atoms with Gasteiger partial charge in [-0.1, -0.05) is 0 Å². The summed E-state index contributed by atoms with van der Waals surface area (Å²) >= 11 is 0. The van der Waals surface area contributed by atoms with Crippen LogP contribution in [0.5, 0.6) is 0 Å². The highest BCUT2D eigenvalue weighted by molar-refractivity contribution is 5.81. The predicted molar refractivity (Wildman–Crippen MR) is 71.3 cm³/mol. The molecule has 0 spiro atoms. The van der Waals surface area contributed by atoms with Crippen LogP contribution in [0, 0.1) is 6.92 Å². The van der Waals surface area contributed by atoms with Crippen LogP contribution in [0.3, 0.4) is 0 Å². The molecule has 1 aliphatic rings. The van der Waals surface area contributed by atoms with Gasteiger partial charge in [0.05, 0.1) is 5.52 Å². The van der Waals surface area contributed by atoms with Gasteiger partial charge in [0.2, 0.25) is 0 Å². The van der Waals surface area contributed by atoms with Crippen molar-refractivity contribution in [2.75, 3.05) is 31.1 Å². The Morgan fingerprint density at radius 3 is 2.72 bits per heavy atom. The van der Waals surface area contributed by atoms with Gasteiger partial charge in [-0.15, -0.1) is 0 Å². The molecule has 1 aromatic carbocycles. The summed E-state index contributed by atoms with van der Waals surface area (Å²) in [6, 6.07) is 4.13. The van der Waals surface area contributed by atoms with Gasteiger partial charge in [0.1, 0.15) is 0 Å². The number of nitrogens with one attached hydrogen (secondary N) is 1. The molecule has 0 unspecified atom stereocenters. The van der Waals surface area contributed by atoms with Gasteiger partial charge >= 0.3 is 5.76 Å². The first-order valence-corrected chi connectivity index (χ1v) is 6.22. The molecule has 1 fully saturated rings. The molecule has 5 nitrogen and oxygen atoms in total. The van der Waals surface area contributed by atoms with Crippen molar-refractivity contribution >= 4 is 16.8 Å². The van der Waals surface area contributed by atoms with Crippen LogP contribution in [-0.2, 0) is 7.05 Å². The summed E-state index contributed by atoms with van der Waals surface area (Å²) in [4.78, 5) is 13.9. The van der Waals surface area contributed by atoms with Gasteiger partial charge in [-0.25, -0.2) is 4.79 Å². The van der Waals surface area contributed by atoms with Crippen LogP contribution < -0.4 is 16.0 Å². The normalized spacial score (nSPS) is 16.4. The molecule has 2 heterocycles. The summed E-state index contributed by atoms with van der Waals surface area (Å²) in [5.41, 5.74) is 3.74. The van der Waals surface area contributed by atoms with E-state index in [4.69, 9.17) is 4.42 Å². The maximum absolute atomic E-state index is 11.6. The summed E-state index contributed by atoms with van der Waals surface area (Å²) < 4.78 is 6.81. The smallest absolute Gasteiger partial charge is 0.407 e. The molecule has 0 aliphatic carbocycles. The number of fused-ring (bicyclic) bond motifs is 1. The van der Waals surface area contributed by atoms with Gasteiger partial charge < -0.3 is 14.6 Å². The first-order valence-electron chi connectivity index (χ1n) is 6.22. The van der Waals surface area contributed by atoms with Crippen LogP contribution in [0.25, 0.3) is 11.1 Å². The lowest BCUT2D eigenvalue weighted by atomic mass is 10.1. The second-order valence-electron chi connectivity index (χ2n) is 4.77. The Labute approximate surface area is 105 Å². The number of aryl methyl sites for hydroxylation is 2. The third-order valence-corrected chi connectivity index (χ3v) is 3.55. The zero-order valence-corrected chi connectivity index (χ0v) is 10.7. The molecule has 1 saturated heterocycles. The standard InChI is InChI=1S/C13H17N3O2/c1-9-7-10(16-5-3-14-4-6-16)8-11-12(9)18-13(17)15(11)2/h7-8,14H,3-6H2,1-2H3. The number of rotatable bonds is 1. The minimum absolute atomic E-state index is 0.300. The van der Waals surface area contributed by atoms with Crippen LogP contribution in [0.2, 0.25) is 0 Å². The van der Waals surface area contributed by atoms with Crippen LogP contribution in [0.15, 0.2) is 21.3 Å². The Hall–Kier alpha value is -1.75. The van der Waals surface area contributed by atoms with Gasteiger partial charge in [-0.05, 0) is 24.6 Å². The average Bonchev–Trinajstić information content (AvgIpc) is 2.68. The van der Waals surface area contributed by atoms with Crippen molar-refractivity contribution in [2.24, 2.45) is 7.05 Å². The van der Waals surface area contributed by atoms with Crippen molar-refractivity contribution in [3.05, 3.63) is 28.2 Å². The van der Waals surface area contributed by atoms with Crippen LogP contribution in [0.1, 0.15) is 5.56 Å². The number of nitrogens with zero attached hydrogens (tertiary/aromatic N) is 2. The van der Waals surface area contributed by atoms with Crippen molar-refractivity contribution in [3.63, 3.8) is 0 Å². The van der Waals surface area contributed by atoms with Crippen molar-refractivity contribution in [2.45, 2.75) is 6.92 Å². The van der Waals surface area contributed by atoms with Crippen molar-refractivity contribution in [1.82, 2.24) is 9.88 Å². The van der Waals surface area contributed by atoms with Crippen LogP contribution >= 0.6 is 0 Å². The number of piperazine rings is 1. The SMILES string of the molecule is Cc1cc(N2CCNCC2)cc2c1oc(=O)n2C. The first-order chi connectivity index (χ1) is 8.66. The van der Waals surface area contributed by atoms with E-state index < -0.39 is 0 Å². The van der Waals surface area contributed by atoms with Crippen molar-refractivity contribution in [3.8, 4) is 0 Å². The summed E-state index contributed by atoms with van der Waals surface area (Å²) in [6.45, 7) is 5.98. The molecule has 1 aliphatic heterocycles. The van der Waals surface area contributed by atoms with E-state index >= 15 is 0 Å². The number of hydrogen-bond donors (Lipinski definition) is 1. The highest BCUT2D eigenvalue weighted by atomic mass is 16.4. The lowest BCUT2D eigenvalue weighted by molar-refractivity contribution is 0.526. The number of hydrogen-bond acceptors (Lipinski definition) is 4. The Morgan fingerprint density at radius 1 is 1.28 bits per heavy atom. The summed E-state index contributed by atoms with van der Waals surface area (Å²) in [7, 11) is 1.75. The second-order valence-corrected chi connectivity index (χ2v) is 4.77. The summed E-state index contributed by atoms with van der Waals surface area (Å²) in [6.07, 6.45) is 0. The minimum Gasteiger partial charge on any atom is -0.407 e. The maximum Gasteiger partial charge on any atom is 0.419 e. The van der Waals surface area contributed by atoms with E-state index in [1.54, 1.807) is 11.6 Å². The van der Waals surface area contributed by atoms with Gasteiger partial charge in [0.25, 0.3) is 0 Å². The van der Waals surface area contributed by atoms with Gasteiger partial charge in [-0.2, -0.15) is 0 Å². The van der Waals surface area contributed by atoms with Gasteiger partial charge in [0, 0.05) is 38.9 Å². The van der Waals surface area contributed by atoms with E-state index in [0.29, 0.717) is 5.58 Å². The maximum atomic E-state index is 11.6. The summed E-state index contributed by atoms with van der Waals surface area (Å²) in [5, 5.41) is 3.34. The van der Waals surface area contributed by atoms with E-state index in [1.807, 2.05) is 13.0 Å². The molecule has 0 saturated carbocycles. The van der Waals surface area contributed by atoms with Crippen molar-refractivity contribution < 1.29 is 4.42 Å². The molecule has 0 radical (unpaired) electrons. The number of aromatic nitrogens is 1. The van der Waals surface area contributed by atoms with E-state index in [9.17, 15) is 4.79 Å². The molecule has 0 bridgehead atoms. The average molecular weight is 247 g/mol. The lowest BCUT2D eigenvalue weighted by Crippen LogP contribution is -2.43. The molecule has 18 heavy (non-hydrogen) atoms. The van der Waals surface area contributed by atoms with Crippen LogP contribution in [-0.4, -0.2) is 30.7 Å². The fraction of sp³-hybridized carbons (Fsp3) is 0.462. The Bertz CT molecular complexity index is 635. The van der Waals surface area contributed by atoms with E-state index in [0.717, 1.165) is 42.9 Å². The monoisotopic (exact) mass is 247 g/mol. The highest BCUT2D eigenvalue weighted by Gasteiger charge is 2.15. The van der Waals surface area contributed by atoms with E-state index in [-0.39, 0.29) is 5.76 Å². The quantitative estimate of drug-likeness (QED) is 0.811. The van der Waals surface area contributed by atoms with Crippen LogP contribution in [0.4, 0.5) is 5.69 Å². The number of anilines is 1. The predicted octanol–water partition coefficient (Wildman–Crippen LogP) is 0.850. The number of benzene rings is 1. The highest BCUT2D eigenvalue weighted by Crippen LogP contribution is 2.25. The molecule has 1 N–H and O–H groups in total. The third-order valence-electron chi connectivity index (χ3n) is 3.55. The van der Waals surface area contributed by atoms with E-state index in [1.165, 1.54) is 0 Å². The molecular formula is C13H17N3O2. The Morgan fingerprint density at radius 2 is 2.00 bits per heavy atom. The van der Waals surface area contributed by atoms with Crippen molar-refractivity contribution in [1.29, 1.82) is 0 Å². The zero-order valence-electron chi connectivity index (χ0n) is 10.7. The molecule has 5 heteroatoms. The fourth-order valence-electron chi connectivity index (χ4n) is 2.48. The number of oxazole rings is 1. The summed E-state index contributed by atoms with van der Waals surface area (Å²) in [5.74, 6) is -0.300. The second kappa shape index (κ2) is 4.17. The third kappa shape index (κ3) is 1.71. The Kier molecular flexibility index (Phi) is 2.63. The lowest BCUT2D eigenvalue weighted by Gasteiger charge is -2.29. The fourth-order valence-corrected chi connectivity index (χ4v) is 2.48. The molecule has 0 atom stereocenters. The molecule has 96 valence electrons.